The van der Waals surface area contributed by atoms with Crippen LogP contribution in [0.15, 0.2) is 48.5 Å². The van der Waals surface area contributed by atoms with E-state index in [1.165, 1.54) is 0 Å². The Kier molecular flexibility index (Phi) is 5.92. The molecule has 2 aromatic carbocycles. The second-order valence-corrected chi connectivity index (χ2v) is 5.34. The normalized spacial score (nSPS) is 10.2. The highest BCUT2D eigenvalue weighted by Crippen LogP contribution is 2.18. The Hall–Kier alpha value is -2.62. The number of amides is 2. The zero-order valence-corrected chi connectivity index (χ0v) is 13.6. The fourth-order valence-electron chi connectivity index (χ4n) is 2.33. The predicted octanol–water partition coefficient (Wildman–Crippen LogP) is 4.24. The number of anilines is 2. The van der Waals surface area contributed by atoms with Gasteiger partial charge in [-0.05, 0) is 42.7 Å². The highest BCUT2D eigenvalue weighted by Gasteiger charge is 2.09. The number of para-hydroxylation sites is 1. The molecule has 0 atom stereocenters. The fraction of sp³-hybridized carbons (Fsp3) is 0.263. The van der Waals surface area contributed by atoms with Gasteiger partial charge < -0.3 is 10.6 Å². The van der Waals surface area contributed by atoms with Crippen LogP contribution in [-0.2, 0) is 11.2 Å². The molecule has 2 rings (SSSR count). The topological polar surface area (TPSA) is 58.2 Å². The number of hydrogen-bond acceptors (Lipinski definition) is 2. The van der Waals surface area contributed by atoms with Gasteiger partial charge in [-0.2, -0.15) is 0 Å². The minimum atomic E-state index is -0.183. The number of rotatable bonds is 6. The van der Waals surface area contributed by atoms with Crippen molar-refractivity contribution in [3.8, 4) is 0 Å². The summed E-state index contributed by atoms with van der Waals surface area (Å²) in [5.74, 6) is -0.223. The number of carbonyl (C=O) groups is 2. The highest BCUT2D eigenvalue weighted by molar-refractivity contribution is 6.05. The van der Waals surface area contributed by atoms with Gasteiger partial charge in [0.1, 0.15) is 0 Å². The van der Waals surface area contributed by atoms with Crippen molar-refractivity contribution in [3.05, 3.63) is 59.7 Å². The van der Waals surface area contributed by atoms with Crippen LogP contribution in [0.4, 0.5) is 11.4 Å². The number of hydrogen-bond donors (Lipinski definition) is 2. The summed E-state index contributed by atoms with van der Waals surface area (Å²) in [5, 5.41) is 5.74. The molecule has 0 aromatic heterocycles. The minimum Gasteiger partial charge on any atom is -0.326 e. The largest absolute Gasteiger partial charge is 0.326 e. The van der Waals surface area contributed by atoms with Crippen LogP contribution in [0, 0.1) is 0 Å². The summed E-state index contributed by atoms with van der Waals surface area (Å²) < 4.78 is 0. The van der Waals surface area contributed by atoms with Crippen LogP contribution in [0.3, 0.4) is 0 Å². The molecule has 0 aliphatic rings. The summed E-state index contributed by atoms with van der Waals surface area (Å²) in [5.41, 5.74) is 3.07. The van der Waals surface area contributed by atoms with Gasteiger partial charge in [0.2, 0.25) is 5.91 Å². The molecule has 0 saturated heterocycles. The van der Waals surface area contributed by atoms with E-state index < -0.39 is 0 Å². The fourth-order valence-corrected chi connectivity index (χ4v) is 2.33. The van der Waals surface area contributed by atoms with Gasteiger partial charge in [0.15, 0.2) is 0 Å². The maximum atomic E-state index is 12.4. The molecule has 0 unspecified atom stereocenters. The molecule has 23 heavy (non-hydrogen) atoms. The van der Waals surface area contributed by atoms with Gasteiger partial charge in [-0.3, -0.25) is 9.59 Å². The SMILES string of the molecule is CCCC(=O)Nc1cccc(C(=O)Nc2ccccc2CC)c1. The second kappa shape index (κ2) is 8.13. The van der Waals surface area contributed by atoms with Crippen molar-refractivity contribution in [2.75, 3.05) is 10.6 Å². The number of nitrogens with one attached hydrogen (secondary N) is 2. The summed E-state index contributed by atoms with van der Waals surface area (Å²) in [6.07, 6.45) is 2.11. The van der Waals surface area contributed by atoms with E-state index in [0.29, 0.717) is 17.7 Å². The molecule has 0 heterocycles. The van der Waals surface area contributed by atoms with Crippen molar-refractivity contribution in [2.24, 2.45) is 0 Å². The predicted molar refractivity (Wildman–Crippen MR) is 93.8 cm³/mol. The van der Waals surface area contributed by atoms with E-state index in [1.807, 2.05) is 31.2 Å². The van der Waals surface area contributed by atoms with Crippen LogP contribution in [0.1, 0.15) is 42.6 Å². The quantitative estimate of drug-likeness (QED) is 0.838. The molecule has 4 heteroatoms. The summed E-state index contributed by atoms with van der Waals surface area (Å²) in [7, 11) is 0. The molecule has 0 radical (unpaired) electrons. The zero-order chi connectivity index (χ0) is 16.7. The molecule has 0 bridgehead atoms. The van der Waals surface area contributed by atoms with Crippen molar-refractivity contribution in [1.82, 2.24) is 0 Å². The van der Waals surface area contributed by atoms with Crippen LogP contribution in [0.25, 0.3) is 0 Å². The van der Waals surface area contributed by atoms with E-state index in [-0.39, 0.29) is 11.8 Å². The monoisotopic (exact) mass is 310 g/mol. The molecule has 2 amide bonds. The first kappa shape index (κ1) is 16.7. The Balaban J connectivity index is 2.12. The summed E-state index contributed by atoms with van der Waals surface area (Å²) in [6, 6.07) is 14.7. The molecule has 120 valence electrons. The van der Waals surface area contributed by atoms with Gasteiger partial charge in [-0.1, -0.05) is 38.1 Å². The Morgan fingerprint density at radius 1 is 0.957 bits per heavy atom. The van der Waals surface area contributed by atoms with E-state index in [4.69, 9.17) is 0 Å². The van der Waals surface area contributed by atoms with E-state index in [9.17, 15) is 9.59 Å². The molecular weight excluding hydrogens is 288 g/mol. The van der Waals surface area contributed by atoms with Crippen molar-refractivity contribution < 1.29 is 9.59 Å². The van der Waals surface area contributed by atoms with Crippen LogP contribution in [0.5, 0.6) is 0 Å². The minimum absolute atomic E-state index is 0.0404. The molecule has 0 saturated carbocycles. The molecule has 2 N–H and O–H groups in total. The molecule has 2 aromatic rings. The van der Waals surface area contributed by atoms with Gasteiger partial charge in [0.05, 0.1) is 0 Å². The maximum Gasteiger partial charge on any atom is 0.255 e. The van der Waals surface area contributed by atoms with Crippen molar-refractivity contribution in [2.45, 2.75) is 33.1 Å². The number of benzene rings is 2. The summed E-state index contributed by atoms with van der Waals surface area (Å²) in [4.78, 5) is 24.1. The average molecular weight is 310 g/mol. The summed E-state index contributed by atoms with van der Waals surface area (Å²) in [6.45, 7) is 4.00. The molecule has 0 fully saturated rings. The highest BCUT2D eigenvalue weighted by atomic mass is 16.2. The molecule has 0 aliphatic heterocycles. The second-order valence-electron chi connectivity index (χ2n) is 5.34. The van der Waals surface area contributed by atoms with Gasteiger partial charge >= 0.3 is 0 Å². The molecular formula is C19H22N2O2. The lowest BCUT2D eigenvalue weighted by molar-refractivity contribution is -0.116. The van der Waals surface area contributed by atoms with E-state index in [2.05, 4.69) is 17.6 Å². The summed E-state index contributed by atoms with van der Waals surface area (Å²) >= 11 is 0. The molecule has 4 nitrogen and oxygen atoms in total. The molecule has 0 spiro atoms. The van der Waals surface area contributed by atoms with E-state index >= 15 is 0 Å². The standard InChI is InChI=1S/C19H22N2O2/c1-3-8-18(22)20-16-11-7-10-15(13-16)19(23)21-17-12-6-5-9-14(17)4-2/h5-7,9-13H,3-4,8H2,1-2H3,(H,20,22)(H,21,23). The van der Waals surface area contributed by atoms with Gasteiger partial charge in [-0.15, -0.1) is 0 Å². The lowest BCUT2D eigenvalue weighted by Crippen LogP contribution is -2.15. The number of aryl methyl sites for hydroxylation is 1. The van der Waals surface area contributed by atoms with Crippen LogP contribution in [0.2, 0.25) is 0 Å². The van der Waals surface area contributed by atoms with Gasteiger partial charge in [0, 0.05) is 23.4 Å². The Bertz CT molecular complexity index is 695. The first-order valence-corrected chi connectivity index (χ1v) is 7.93. The first-order chi connectivity index (χ1) is 11.1. The van der Waals surface area contributed by atoms with E-state index in [1.54, 1.807) is 24.3 Å². The Morgan fingerprint density at radius 3 is 2.48 bits per heavy atom. The zero-order valence-electron chi connectivity index (χ0n) is 13.6. The maximum absolute atomic E-state index is 12.4. The van der Waals surface area contributed by atoms with Crippen LogP contribution < -0.4 is 10.6 Å². The Morgan fingerprint density at radius 2 is 1.74 bits per heavy atom. The van der Waals surface area contributed by atoms with Crippen molar-refractivity contribution in [1.29, 1.82) is 0 Å². The third-order valence-electron chi connectivity index (χ3n) is 3.53. The van der Waals surface area contributed by atoms with Crippen molar-refractivity contribution >= 4 is 23.2 Å². The van der Waals surface area contributed by atoms with Crippen LogP contribution in [-0.4, -0.2) is 11.8 Å². The lowest BCUT2D eigenvalue weighted by Gasteiger charge is -2.11. The first-order valence-electron chi connectivity index (χ1n) is 7.93. The lowest BCUT2D eigenvalue weighted by atomic mass is 10.1. The van der Waals surface area contributed by atoms with Crippen LogP contribution >= 0.6 is 0 Å². The Labute approximate surface area is 136 Å². The van der Waals surface area contributed by atoms with Crippen molar-refractivity contribution in [3.63, 3.8) is 0 Å². The van der Waals surface area contributed by atoms with Gasteiger partial charge in [0.25, 0.3) is 5.91 Å². The number of carbonyl (C=O) groups excluding carboxylic acids is 2. The third kappa shape index (κ3) is 4.68. The molecule has 0 aliphatic carbocycles. The van der Waals surface area contributed by atoms with E-state index in [0.717, 1.165) is 24.1 Å². The third-order valence-corrected chi connectivity index (χ3v) is 3.53. The average Bonchev–Trinajstić information content (AvgIpc) is 2.55. The van der Waals surface area contributed by atoms with Gasteiger partial charge in [-0.25, -0.2) is 0 Å². The smallest absolute Gasteiger partial charge is 0.255 e.